The average molecular weight is 1170 g/mol. The van der Waals surface area contributed by atoms with Crippen molar-refractivity contribution < 1.29 is 38.4 Å². The summed E-state index contributed by atoms with van der Waals surface area (Å²) in [7, 11) is 2.28. The number of unbranched alkanes of at least 4 members (excludes halogenated alkanes) is 2. The van der Waals surface area contributed by atoms with Crippen molar-refractivity contribution in [3.8, 4) is 0 Å². The number of nitrogens with zero attached hydrogens (tertiary/aromatic N) is 4. The molecule has 6 atom stereocenters. The fourth-order valence-electron chi connectivity index (χ4n) is 10.2. The van der Waals surface area contributed by atoms with Crippen LogP contribution in [0.25, 0.3) is 21.8 Å². The zero-order chi connectivity index (χ0) is 59.0. The molecule has 4 heterocycles. The van der Waals surface area contributed by atoms with Gasteiger partial charge in [0.1, 0.15) is 36.3 Å². The molecule has 0 unspecified atom stereocenters. The number of nitrogens with two attached hydrogens (primary N) is 4. The monoisotopic (exact) mass is 1170 g/mol. The summed E-state index contributed by atoms with van der Waals surface area (Å²) in [6.45, 7) is 6.46. The number of carbonyl (C=O) groups excluding carboxylic acids is 8. The van der Waals surface area contributed by atoms with Crippen molar-refractivity contribution in [2.24, 2.45) is 22.9 Å². The smallest absolute Gasteiger partial charge is 0.256 e. The van der Waals surface area contributed by atoms with E-state index in [1.165, 1.54) is 9.80 Å². The summed E-state index contributed by atoms with van der Waals surface area (Å²) in [5, 5.41) is 18.8. The van der Waals surface area contributed by atoms with Gasteiger partial charge in [-0.3, -0.25) is 48.3 Å². The predicted octanol–water partition coefficient (Wildman–Crippen LogP) is 2.33. The second kappa shape index (κ2) is 33.6. The molecule has 82 heavy (non-hydrogen) atoms. The first-order valence-electron chi connectivity index (χ1n) is 29.0. The van der Waals surface area contributed by atoms with Gasteiger partial charge in [0.15, 0.2) is 0 Å². The highest BCUT2D eigenvalue weighted by molar-refractivity contribution is 8.76. The summed E-state index contributed by atoms with van der Waals surface area (Å²) in [6.07, 6.45) is 6.52. The number of rotatable bonds is 33. The molecule has 0 spiro atoms. The first kappa shape index (κ1) is 64.7. The summed E-state index contributed by atoms with van der Waals surface area (Å²) in [5.41, 5.74) is 26.5. The largest absolute Gasteiger partial charge is 0.354 e. The first-order chi connectivity index (χ1) is 39.8. The van der Waals surface area contributed by atoms with Crippen molar-refractivity contribution in [1.82, 2.24) is 51.7 Å². The minimum Gasteiger partial charge on any atom is -0.354 e. The zero-order valence-electron chi connectivity index (χ0n) is 47.4. The van der Waals surface area contributed by atoms with Crippen LogP contribution in [-0.2, 0) is 41.6 Å². The third-order valence-corrected chi connectivity index (χ3v) is 17.1. The number of nitrogens with one attached hydrogen (secondary N) is 6. The molecule has 2 saturated heterocycles. The Labute approximate surface area is 488 Å². The second-order valence-electron chi connectivity index (χ2n) is 20.6. The molecule has 22 nitrogen and oxygen atoms in total. The minimum atomic E-state index is -1.26. The molecule has 0 radical (unpaired) electrons. The summed E-state index contributed by atoms with van der Waals surface area (Å²) >= 11 is 0. The molecule has 0 saturated carbocycles. The van der Waals surface area contributed by atoms with E-state index >= 15 is 0 Å². The van der Waals surface area contributed by atoms with Gasteiger partial charge in [0.05, 0.1) is 33.5 Å². The molecule has 2 aliphatic heterocycles. The Balaban J connectivity index is 1.25. The second-order valence-corrected chi connectivity index (χ2v) is 23.2. The van der Waals surface area contributed by atoms with Crippen LogP contribution < -0.4 is 54.8 Å². The van der Waals surface area contributed by atoms with E-state index in [9.17, 15) is 38.4 Å². The molecule has 14 N–H and O–H groups in total. The molecule has 2 fully saturated rings. The lowest BCUT2D eigenvalue weighted by atomic mass is 10.1. The molecular weight excluding hydrogens is 1080 g/mol. The molecule has 6 rings (SSSR count). The van der Waals surface area contributed by atoms with E-state index in [-0.39, 0.29) is 36.2 Å². The van der Waals surface area contributed by atoms with Crippen molar-refractivity contribution in [2.45, 2.75) is 140 Å². The number of amides is 8. The highest BCUT2D eigenvalue weighted by Crippen LogP contribution is 2.29. The lowest BCUT2D eigenvalue weighted by Gasteiger charge is -2.28. The van der Waals surface area contributed by atoms with E-state index < -0.39 is 71.7 Å². The average Bonchev–Trinajstić information content (AvgIpc) is 4.36. The van der Waals surface area contributed by atoms with E-state index in [0.29, 0.717) is 152 Å². The third-order valence-electron chi connectivity index (χ3n) is 14.7. The summed E-state index contributed by atoms with van der Waals surface area (Å²) in [5.74, 6) is -4.15. The molecule has 2 aliphatic rings. The van der Waals surface area contributed by atoms with Crippen molar-refractivity contribution in [3.63, 3.8) is 0 Å². The Kier molecular flexibility index (Phi) is 26.5. The molecule has 4 aromatic rings. The number of fused-ring (bicyclic) bond motifs is 2. The van der Waals surface area contributed by atoms with Crippen molar-refractivity contribution in [1.29, 1.82) is 0 Å². The number of aryl methyl sites for hydroxylation is 2. The Morgan fingerprint density at radius 3 is 1.29 bits per heavy atom. The van der Waals surface area contributed by atoms with Gasteiger partial charge in [0.2, 0.25) is 35.4 Å². The van der Waals surface area contributed by atoms with Gasteiger partial charge in [-0.1, -0.05) is 71.8 Å². The normalized spacial score (nSPS) is 16.5. The summed E-state index contributed by atoms with van der Waals surface area (Å²) in [4.78, 5) is 127. The Morgan fingerprint density at radius 1 is 0.524 bits per heavy atom. The molecule has 0 bridgehead atoms. The number of benzene rings is 2. The lowest BCUT2D eigenvalue weighted by Crippen LogP contribution is -2.57. The van der Waals surface area contributed by atoms with Crippen LogP contribution in [0.5, 0.6) is 0 Å². The van der Waals surface area contributed by atoms with Gasteiger partial charge < -0.3 is 64.6 Å². The molecular formula is C58H84N14O8S2. The molecule has 0 aliphatic carbocycles. The fraction of sp³-hybridized carbons (Fsp3) is 0.552. The predicted molar refractivity (Wildman–Crippen MR) is 322 cm³/mol. The van der Waals surface area contributed by atoms with E-state index in [1.807, 2.05) is 62.4 Å². The van der Waals surface area contributed by atoms with Crippen molar-refractivity contribution >= 4 is 90.7 Å². The SMILES string of the molecule is CCc1nc2ccccc2cc1C(=O)N1CCC[C@H]1C(=O)N[C@@H](CSSC[C@H](NC(=O)[C@@H]1CCCN1C(=O)c1cc2ccccc2nc1CC)C(=O)N[C@@H](CCCCN)C(=O)NCCCN)C(=O)N[C@@H](CCCCN)C(=O)NCCCN. The molecule has 24 heteroatoms. The Bertz CT molecular complexity index is 2640. The van der Waals surface area contributed by atoms with Crippen molar-refractivity contribution in [3.05, 3.63) is 83.2 Å². The molecule has 2 aromatic carbocycles. The van der Waals surface area contributed by atoms with Crippen LogP contribution in [0.3, 0.4) is 0 Å². The van der Waals surface area contributed by atoms with Gasteiger partial charge in [-0.15, -0.1) is 0 Å². The minimum absolute atomic E-state index is 0.0835. The Morgan fingerprint density at radius 2 is 0.915 bits per heavy atom. The summed E-state index contributed by atoms with van der Waals surface area (Å²) in [6, 6.07) is 12.3. The highest BCUT2D eigenvalue weighted by atomic mass is 33.1. The van der Waals surface area contributed by atoms with Gasteiger partial charge in [0.25, 0.3) is 11.8 Å². The maximum atomic E-state index is 14.6. The third kappa shape index (κ3) is 18.0. The van der Waals surface area contributed by atoms with E-state index in [0.717, 1.165) is 43.4 Å². The number of para-hydroxylation sites is 2. The van der Waals surface area contributed by atoms with E-state index in [4.69, 9.17) is 32.9 Å². The van der Waals surface area contributed by atoms with Gasteiger partial charge >= 0.3 is 0 Å². The van der Waals surface area contributed by atoms with Gasteiger partial charge in [-0.2, -0.15) is 0 Å². The number of aromatic nitrogens is 2. The number of pyridine rings is 2. The quantitative estimate of drug-likeness (QED) is 0.0242. The standard InChI is InChI=1S/C58H84N14O8S2/c1-3-41-39(33-37-17-5-7-19-43(37)65-41)57(79)71-31-13-23-49(71)55(77)69-47(53(75)67-45(21-9-11-25-59)51(73)63-29-15-27-61)35-81-82-36-48(54(76)68-46(22-10-12-26-60)52(74)64-30-16-28-62)70-56(78)50-24-14-32-72(50)58(80)40-34-38-18-6-8-20-44(38)66-42(40)4-2/h5-8,17-20,33-34,45-50H,3-4,9-16,21-32,35-36,59-62H2,1-2H3,(H,63,73)(H,64,74)(H,67,75)(H,68,76)(H,69,77)(H,70,78)/t45-,46-,47-,48-,49-,50-/m0/s1. The molecule has 8 amide bonds. The van der Waals surface area contributed by atoms with Crippen LogP contribution in [0.15, 0.2) is 60.7 Å². The van der Waals surface area contributed by atoms with Crippen LogP contribution >= 0.6 is 21.6 Å². The van der Waals surface area contributed by atoms with Crippen LogP contribution in [0.2, 0.25) is 0 Å². The number of hydrogen-bond acceptors (Lipinski definition) is 16. The molecule has 2 aromatic heterocycles. The lowest BCUT2D eigenvalue weighted by molar-refractivity contribution is -0.132. The summed E-state index contributed by atoms with van der Waals surface area (Å²) < 4.78 is 0. The topological polar surface area (TPSA) is 345 Å². The van der Waals surface area contributed by atoms with E-state index in [2.05, 4.69) is 31.9 Å². The van der Waals surface area contributed by atoms with Crippen LogP contribution in [0, 0.1) is 0 Å². The van der Waals surface area contributed by atoms with Crippen molar-refractivity contribution in [2.75, 3.05) is 63.9 Å². The van der Waals surface area contributed by atoms with Crippen LogP contribution in [0.4, 0.5) is 0 Å². The number of hydrogen-bond donors (Lipinski definition) is 10. The Hall–Kier alpha value is -6.44. The zero-order valence-corrected chi connectivity index (χ0v) is 49.0. The van der Waals surface area contributed by atoms with E-state index in [1.54, 1.807) is 12.1 Å². The van der Waals surface area contributed by atoms with Gasteiger partial charge in [-0.05, 0) is 140 Å². The van der Waals surface area contributed by atoms with Crippen LogP contribution in [0.1, 0.15) is 123 Å². The number of likely N-dealkylation sites (tertiary alicyclic amines) is 2. The maximum Gasteiger partial charge on any atom is 0.256 e. The van der Waals surface area contributed by atoms with Gasteiger partial charge in [-0.25, -0.2) is 0 Å². The fourth-order valence-corrected chi connectivity index (χ4v) is 12.5. The maximum absolute atomic E-state index is 14.6. The van der Waals surface area contributed by atoms with Crippen LogP contribution in [-0.4, -0.2) is 167 Å². The molecule has 446 valence electrons. The van der Waals surface area contributed by atoms with Gasteiger partial charge in [0, 0.05) is 48.5 Å². The number of carbonyl (C=O) groups is 8. The first-order valence-corrected chi connectivity index (χ1v) is 31.5. The highest BCUT2D eigenvalue weighted by Gasteiger charge is 2.40.